The molecule has 0 bridgehead atoms. The van der Waals surface area contributed by atoms with E-state index in [9.17, 15) is 21.6 Å². The summed E-state index contributed by atoms with van der Waals surface area (Å²) in [5.74, 6) is -0.429. The van der Waals surface area contributed by atoms with E-state index in [4.69, 9.17) is 0 Å². The van der Waals surface area contributed by atoms with Gasteiger partial charge in [0.15, 0.2) is 0 Å². The summed E-state index contributed by atoms with van der Waals surface area (Å²) in [5, 5.41) is 2.79. The third-order valence-electron chi connectivity index (χ3n) is 4.90. The summed E-state index contributed by atoms with van der Waals surface area (Å²) in [5.41, 5.74) is 2.31. The van der Waals surface area contributed by atoms with E-state index in [-0.39, 0.29) is 21.0 Å². The summed E-state index contributed by atoms with van der Waals surface area (Å²) < 4.78 is 53.6. The van der Waals surface area contributed by atoms with Gasteiger partial charge in [0.05, 0.1) is 21.0 Å². The first kappa shape index (κ1) is 24.4. The SMILES string of the molecule is Cc1ccc(CNC(=O)c2ccccc2NS(=O)(=O)c2ccc(S(=O)(=O)N(C)C)cc2)cc1. The number of sulfonamides is 2. The van der Waals surface area contributed by atoms with Crippen LogP contribution in [0.4, 0.5) is 5.69 Å². The van der Waals surface area contributed by atoms with E-state index >= 15 is 0 Å². The lowest BCUT2D eigenvalue weighted by atomic mass is 10.1. The third-order valence-corrected chi connectivity index (χ3v) is 8.11. The Bertz CT molecular complexity index is 1350. The molecule has 2 N–H and O–H groups in total. The number of aryl methyl sites for hydroxylation is 1. The largest absolute Gasteiger partial charge is 0.348 e. The summed E-state index contributed by atoms with van der Waals surface area (Å²) >= 11 is 0. The molecule has 0 spiro atoms. The number of hydrogen-bond acceptors (Lipinski definition) is 5. The maximum absolute atomic E-state index is 12.9. The first-order valence-corrected chi connectivity index (χ1v) is 12.9. The fraction of sp³-hybridized carbons (Fsp3) is 0.174. The Morgan fingerprint density at radius 2 is 1.39 bits per heavy atom. The summed E-state index contributed by atoms with van der Waals surface area (Å²) in [6, 6.07) is 18.8. The van der Waals surface area contributed by atoms with Gasteiger partial charge >= 0.3 is 0 Å². The van der Waals surface area contributed by atoms with Gasteiger partial charge in [0.2, 0.25) is 10.0 Å². The molecule has 0 unspecified atom stereocenters. The molecule has 0 heterocycles. The molecule has 33 heavy (non-hydrogen) atoms. The Balaban J connectivity index is 1.79. The zero-order chi connectivity index (χ0) is 24.2. The standard InChI is InChI=1S/C23H25N3O5S2/c1-17-8-10-18(11-9-17)16-24-23(27)21-6-4-5-7-22(21)25-32(28,29)19-12-14-20(15-13-19)33(30,31)26(2)3/h4-15,25H,16H2,1-3H3,(H,24,27). The number of anilines is 1. The molecule has 3 aromatic rings. The number of nitrogens with one attached hydrogen (secondary N) is 2. The molecule has 0 radical (unpaired) electrons. The van der Waals surface area contributed by atoms with Crippen LogP contribution in [0.15, 0.2) is 82.6 Å². The van der Waals surface area contributed by atoms with Crippen molar-refractivity contribution in [1.29, 1.82) is 0 Å². The highest BCUT2D eigenvalue weighted by molar-refractivity contribution is 7.92. The van der Waals surface area contributed by atoms with E-state index < -0.39 is 26.0 Å². The summed E-state index contributed by atoms with van der Waals surface area (Å²) in [7, 11) is -4.96. The first-order chi connectivity index (χ1) is 15.5. The van der Waals surface area contributed by atoms with Crippen LogP contribution in [0.2, 0.25) is 0 Å². The maximum atomic E-state index is 12.9. The second-order valence-electron chi connectivity index (χ2n) is 7.58. The van der Waals surface area contributed by atoms with E-state index in [2.05, 4.69) is 10.0 Å². The second kappa shape index (κ2) is 9.74. The molecule has 3 aromatic carbocycles. The fourth-order valence-corrected chi connectivity index (χ4v) is 4.94. The van der Waals surface area contributed by atoms with Crippen molar-refractivity contribution < 1.29 is 21.6 Å². The molecule has 174 valence electrons. The van der Waals surface area contributed by atoms with Gasteiger partial charge in [-0.1, -0.05) is 42.0 Å². The lowest BCUT2D eigenvalue weighted by Crippen LogP contribution is -2.25. The van der Waals surface area contributed by atoms with Gasteiger partial charge in [0.1, 0.15) is 0 Å². The van der Waals surface area contributed by atoms with E-state index in [0.717, 1.165) is 15.4 Å². The van der Waals surface area contributed by atoms with Gasteiger partial charge in [0, 0.05) is 20.6 Å². The molecular weight excluding hydrogens is 462 g/mol. The average Bonchev–Trinajstić information content (AvgIpc) is 2.78. The molecule has 0 aliphatic heterocycles. The molecule has 0 atom stereocenters. The van der Waals surface area contributed by atoms with Crippen molar-refractivity contribution in [3.8, 4) is 0 Å². The monoisotopic (exact) mass is 487 g/mol. The van der Waals surface area contributed by atoms with Crippen LogP contribution in [0, 0.1) is 6.92 Å². The number of carbonyl (C=O) groups is 1. The normalized spacial score (nSPS) is 11.9. The minimum absolute atomic E-state index is 0.0256. The highest BCUT2D eigenvalue weighted by Gasteiger charge is 2.21. The number of amides is 1. The molecule has 0 aromatic heterocycles. The van der Waals surface area contributed by atoms with Crippen LogP contribution in [0.1, 0.15) is 21.5 Å². The van der Waals surface area contributed by atoms with Gasteiger partial charge < -0.3 is 5.32 Å². The van der Waals surface area contributed by atoms with Crippen molar-refractivity contribution in [2.75, 3.05) is 18.8 Å². The van der Waals surface area contributed by atoms with Gasteiger partial charge in [-0.15, -0.1) is 0 Å². The molecular formula is C23H25N3O5S2. The van der Waals surface area contributed by atoms with Crippen LogP contribution in [0.3, 0.4) is 0 Å². The van der Waals surface area contributed by atoms with Gasteiger partial charge in [-0.3, -0.25) is 9.52 Å². The molecule has 3 rings (SSSR count). The van der Waals surface area contributed by atoms with Crippen LogP contribution < -0.4 is 10.0 Å². The maximum Gasteiger partial charge on any atom is 0.261 e. The Morgan fingerprint density at radius 3 is 2.00 bits per heavy atom. The predicted octanol–water partition coefficient (Wildman–Crippen LogP) is 2.98. The number of benzene rings is 3. The second-order valence-corrected chi connectivity index (χ2v) is 11.4. The molecule has 10 heteroatoms. The van der Waals surface area contributed by atoms with Crippen LogP contribution in [-0.2, 0) is 26.6 Å². The van der Waals surface area contributed by atoms with Crippen molar-refractivity contribution >= 4 is 31.6 Å². The minimum Gasteiger partial charge on any atom is -0.348 e. The van der Waals surface area contributed by atoms with Crippen molar-refractivity contribution in [3.05, 3.63) is 89.5 Å². The highest BCUT2D eigenvalue weighted by Crippen LogP contribution is 2.22. The van der Waals surface area contributed by atoms with Crippen molar-refractivity contribution in [3.63, 3.8) is 0 Å². The van der Waals surface area contributed by atoms with E-state index in [1.54, 1.807) is 12.1 Å². The summed E-state index contributed by atoms with van der Waals surface area (Å²) in [6.45, 7) is 2.27. The Morgan fingerprint density at radius 1 is 0.818 bits per heavy atom. The van der Waals surface area contributed by atoms with Gasteiger partial charge in [-0.2, -0.15) is 0 Å². The van der Waals surface area contributed by atoms with Gasteiger partial charge in [-0.25, -0.2) is 21.1 Å². The number of hydrogen-bond donors (Lipinski definition) is 2. The topological polar surface area (TPSA) is 113 Å². The van der Waals surface area contributed by atoms with E-state index in [1.807, 2.05) is 31.2 Å². The summed E-state index contributed by atoms with van der Waals surface area (Å²) in [6.07, 6.45) is 0. The molecule has 0 saturated heterocycles. The van der Waals surface area contributed by atoms with Crippen molar-refractivity contribution in [2.24, 2.45) is 0 Å². The van der Waals surface area contributed by atoms with Crippen LogP contribution in [-0.4, -0.2) is 41.1 Å². The fourth-order valence-electron chi connectivity index (χ4n) is 2.96. The van der Waals surface area contributed by atoms with E-state index in [1.165, 1.54) is 50.5 Å². The highest BCUT2D eigenvalue weighted by atomic mass is 32.2. The zero-order valence-corrected chi connectivity index (χ0v) is 20.1. The smallest absolute Gasteiger partial charge is 0.261 e. The number of nitrogens with zero attached hydrogens (tertiary/aromatic N) is 1. The van der Waals surface area contributed by atoms with Crippen LogP contribution >= 0.6 is 0 Å². The average molecular weight is 488 g/mol. The number of carbonyl (C=O) groups excluding carboxylic acids is 1. The zero-order valence-electron chi connectivity index (χ0n) is 18.4. The quantitative estimate of drug-likeness (QED) is 0.507. The van der Waals surface area contributed by atoms with Crippen molar-refractivity contribution in [1.82, 2.24) is 9.62 Å². The molecule has 0 aliphatic carbocycles. The lowest BCUT2D eigenvalue weighted by Gasteiger charge is -2.14. The lowest BCUT2D eigenvalue weighted by molar-refractivity contribution is 0.0952. The summed E-state index contributed by atoms with van der Waals surface area (Å²) in [4.78, 5) is 12.6. The Kier molecular flexibility index (Phi) is 7.21. The Labute approximate surface area is 194 Å². The molecule has 1 amide bonds. The van der Waals surface area contributed by atoms with E-state index in [0.29, 0.717) is 6.54 Å². The van der Waals surface area contributed by atoms with Gasteiger partial charge in [0.25, 0.3) is 15.9 Å². The number of para-hydroxylation sites is 1. The molecule has 8 nitrogen and oxygen atoms in total. The molecule has 0 aliphatic rings. The third kappa shape index (κ3) is 5.78. The molecule has 0 saturated carbocycles. The minimum atomic E-state index is -4.06. The number of rotatable bonds is 8. The van der Waals surface area contributed by atoms with Gasteiger partial charge in [-0.05, 0) is 48.9 Å². The first-order valence-electron chi connectivity index (χ1n) is 9.99. The molecule has 0 fully saturated rings. The Hall–Kier alpha value is -3.21. The van der Waals surface area contributed by atoms with Crippen LogP contribution in [0.25, 0.3) is 0 Å². The van der Waals surface area contributed by atoms with Crippen LogP contribution in [0.5, 0.6) is 0 Å². The van der Waals surface area contributed by atoms with Crippen molar-refractivity contribution in [2.45, 2.75) is 23.3 Å². The predicted molar refractivity (Wildman–Crippen MR) is 127 cm³/mol.